The molecule has 1 heterocycles. The molecule has 1 atom stereocenters. The van der Waals surface area contributed by atoms with E-state index < -0.39 is 11.5 Å². The zero-order valence-electron chi connectivity index (χ0n) is 12.6. The lowest BCUT2D eigenvalue weighted by Gasteiger charge is -2.29. The van der Waals surface area contributed by atoms with Gasteiger partial charge in [0.05, 0.1) is 6.42 Å². The summed E-state index contributed by atoms with van der Waals surface area (Å²) in [6, 6.07) is 0. The van der Waals surface area contributed by atoms with Gasteiger partial charge in [-0.15, -0.1) is 0 Å². The summed E-state index contributed by atoms with van der Waals surface area (Å²) < 4.78 is 5.67. The van der Waals surface area contributed by atoms with E-state index in [4.69, 9.17) is 9.84 Å². The second-order valence-corrected chi connectivity index (χ2v) is 5.79. The maximum Gasteiger partial charge on any atom is 0.308 e. The van der Waals surface area contributed by atoms with Crippen molar-refractivity contribution in [3.05, 3.63) is 27.4 Å². The van der Waals surface area contributed by atoms with Crippen LogP contribution in [0.2, 0.25) is 0 Å². The zero-order chi connectivity index (χ0) is 15.5. The lowest BCUT2D eigenvalue weighted by molar-refractivity contribution is -0.136. The van der Waals surface area contributed by atoms with Gasteiger partial charge in [0.25, 0.3) is 5.56 Å². The number of carboxylic acid groups (broad SMARTS) is 1. The van der Waals surface area contributed by atoms with Crippen LogP contribution in [-0.2, 0) is 16.0 Å². The monoisotopic (exact) mass is 282 g/mol. The van der Waals surface area contributed by atoms with Crippen LogP contribution in [-0.4, -0.2) is 27.7 Å². The third kappa shape index (κ3) is 3.90. The summed E-state index contributed by atoms with van der Waals surface area (Å²) in [6.07, 6.45) is -0.679. The zero-order valence-corrected chi connectivity index (χ0v) is 12.6. The molecule has 0 bridgehead atoms. The number of aromatic amines is 1. The van der Waals surface area contributed by atoms with Crippen molar-refractivity contribution in [3.8, 4) is 0 Å². The first kappa shape index (κ1) is 16.4. The average molecular weight is 282 g/mol. The Morgan fingerprint density at radius 1 is 1.45 bits per heavy atom. The van der Waals surface area contributed by atoms with E-state index in [9.17, 15) is 9.59 Å². The van der Waals surface area contributed by atoms with Crippen molar-refractivity contribution in [1.82, 2.24) is 9.97 Å². The largest absolute Gasteiger partial charge is 0.481 e. The van der Waals surface area contributed by atoms with Crippen molar-refractivity contribution in [2.45, 2.75) is 47.1 Å². The van der Waals surface area contributed by atoms with Crippen LogP contribution >= 0.6 is 0 Å². The van der Waals surface area contributed by atoms with Crippen molar-refractivity contribution in [2.75, 3.05) is 6.61 Å². The van der Waals surface area contributed by atoms with Crippen molar-refractivity contribution < 1.29 is 14.6 Å². The summed E-state index contributed by atoms with van der Waals surface area (Å²) in [4.78, 5) is 29.8. The predicted octanol–water partition coefficient (Wildman–Crippen LogP) is 1.83. The fourth-order valence-electron chi connectivity index (χ4n) is 2.02. The van der Waals surface area contributed by atoms with E-state index in [-0.39, 0.29) is 23.5 Å². The third-order valence-electron chi connectivity index (χ3n) is 2.94. The number of carbonyl (C=O) groups is 1. The Morgan fingerprint density at radius 2 is 2.05 bits per heavy atom. The molecule has 20 heavy (non-hydrogen) atoms. The SMILES string of the molecule is CCOC(c1nc(C)c(CC(=O)O)c(=O)[nH]1)C(C)(C)C. The molecule has 0 aromatic carbocycles. The Bertz CT molecular complexity index is 543. The lowest BCUT2D eigenvalue weighted by Crippen LogP contribution is -2.29. The molecule has 0 aliphatic heterocycles. The van der Waals surface area contributed by atoms with Gasteiger partial charge < -0.3 is 14.8 Å². The van der Waals surface area contributed by atoms with E-state index in [1.54, 1.807) is 6.92 Å². The molecule has 6 heteroatoms. The van der Waals surface area contributed by atoms with Crippen LogP contribution < -0.4 is 5.56 Å². The van der Waals surface area contributed by atoms with Crippen LogP contribution in [0.1, 0.15) is 50.9 Å². The van der Waals surface area contributed by atoms with E-state index in [1.165, 1.54) is 0 Å². The number of aromatic nitrogens is 2. The molecular weight excluding hydrogens is 260 g/mol. The van der Waals surface area contributed by atoms with Crippen LogP contribution in [0.15, 0.2) is 4.79 Å². The third-order valence-corrected chi connectivity index (χ3v) is 2.94. The molecule has 0 aliphatic carbocycles. The quantitative estimate of drug-likeness (QED) is 0.859. The number of hydrogen-bond acceptors (Lipinski definition) is 4. The Balaban J connectivity index is 3.27. The minimum absolute atomic E-state index is 0.186. The highest BCUT2D eigenvalue weighted by Crippen LogP contribution is 2.33. The lowest BCUT2D eigenvalue weighted by atomic mass is 9.88. The Labute approximate surface area is 118 Å². The molecule has 1 rings (SSSR count). The van der Waals surface area contributed by atoms with Crippen LogP contribution in [0.3, 0.4) is 0 Å². The van der Waals surface area contributed by atoms with Crippen LogP contribution in [0.25, 0.3) is 0 Å². The molecular formula is C14H22N2O4. The molecule has 1 aromatic rings. The number of carboxylic acids is 1. The molecule has 0 fully saturated rings. The van der Waals surface area contributed by atoms with E-state index in [0.717, 1.165) is 0 Å². The second kappa shape index (κ2) is 6.17. The topological polar surface area (TPSA) is 92.3 Å². The van der Waals surface area contributed by atoms with Gasteiger partial charge >= 0.3 is 5.97 Å². The maximum absolute atomic E-state index is 12.0. The first-order chi connectivity index (χ1) is 9.16. The van der Waals surface area contributed by atoms with Crippen molar-refractivity contribution in [3.63, 3.8) is 0 Å². The van der Waals surface area contributed by atoms with Crippen LogP contribution in [0, 0.1) is 12.3 Å². The highest BCUT2D eigenvalue weighted by molar-refractivity contribution is 5.70. The number of rotatable bonds is 5. The summed E-state index contributed by atoms with van der Waals surface area (Å²) in [7, 11) is 0. The maximum atomic E-state index is 12.0. The predicted molar refractivity (Wildman–Crippen MR) is 74.8 cm³/mol. The van der Waals surface area contributed by atoms with E-state index in [1.807, 2.05) is 27.7 Å². The Hall–Kier alpha value is -1.69. The van der Waals surface area contributed by atoms with Crippen molar-refractivity contribution in [1.29, 1.82) is 0 Å². The number of nitrogens with zero attached hydrogens (tertiary/aromatic N) is 1. The number of hydrogen-bond donors (Lipinski definition) is 2. The first-order valence-corrected chi connectivity index (χ1v) is 6.60. The summed E-state index contributed by atoms with van der Waals surface area (Å²) >= 11 is 0. The molecule has 1 aromatic heterocycles. The van der Waals surface area contributed by atoms with E-state index in [2.05, 4.69) is 9.97 Å². The Kier molecular flexibility index (Phi) is 5.05. The molecule has 112 valence electrons. The van der Waals surface area contributed by atoms with Gasteiger partial charge in [0.15, 0.2) is 0 Å². The van der Waals surface area contributed by atoms with Gasteiger partial charge in [-0.05, 0) is 19.3 Å². The first-order valence-electron chi connectivity index (χ1n) is 6.60. The van der Waals surface area contributed by atoms with Crippen LogP contribution in [0.4, 0.5) is 0 Å². The fraction of sp³-hybridized carbons (Fsp3) is 0.643. The van der Waals surface area contributed by atoms with Gasteiger partial charge in [-0.2, -0.15) is 0 Å². The van der Waals surface area contributed by atoms with Crippen molar-refractivity contribution >= 4 is 5.97 Å². The highest BCUT2D eigenvalue weighted by Gasteiger charge is 2.29. The summed E-state index contributed by atoms with van der Waals surface area (Å²) in [6.45, 7) is 10.0. The molecule has 0 radical (unpaired) electrons. The van der Waals surface area contributed by atoms with Gasteiger partial charge in [-0.1, -0.05) is 20.8 Å². The van der Waals surface area contributed by atoms with Gasteiger partial charge in [0.1, 0.15) is 11.9 Å². The number of aryl methyl sites for hydroxylation is 1. The number of aliphatic carboxylic acids is 1. The molecule has 6 nitrogen and oxygen atoms in total. The van der Waals surface area contributed by atoms with Crippen LogP contribution in [0.5, 0.6) is 0 Å². The molecule has 2 N–H and O–H groups in total. The minimum atomic E-state index is -1.05. The van der Waals surface area contributed by atoms with Gasteiger partial charge in [0.2, 0.25) is 0 Å². The number of H-pyrrole nitrogens is 1. The molecule has 0 amide bonds. The number of ether oxygens (including phenoxy) is 1. The normalized spacial score (nSPS) is 13.2. The summed E-state index contributed by atoms with van der Waals surface area (Å²) in [5.41, 5.74) is -0.0263. The van der Waals surface area contributed by atoms with E-state index >= 15 is 0 Å². The van der Waals surface area contributed by atoms with E-state index in [0.29, 0.717) is 18.1 Å². The molecule has 0 aliphatic rings. The second-order valence-electron chi connectivity index (χ2n) is 5.79. The Morgan fingerprint density at radius 3 is 2.45 bits per heavy atom. The fourth-order valence-corrected chi connectivity index (χ4v) is 2.02. The number of nitrogens with one attached hydrogen (secondary N) is 1. The summed E-state index contributed by atoms with van der Waals surface area (Å²) in [5.74, 6) is -0.610. The molecule has 1 unspecified atom stereocenters. The molecule has 0 spiro atoms. The molecule has 0 saturated heterocycles. The summed E-state index contributed by atoms with van der Waals surface area (Å²) in [5, 5.41) is 8.80. The minimum Gasteiger partial charge on any atom is -0.481 e. The van der Waals surface area contributed by atoms with Gasteiger partial charge in [-0.25, -0.2) is 4.98 Å². The smallest absolute Gasteiger partial charge is 0.308 e. The highest BCUT2D eigenvalue weighted by atomic mass is 16.5. The average Bonchev–Trinajstić information content (AvgIpc) is 2.28. The van der Waals surface area contributed by atoms with Gasteiger partial charge in [0, 0.05) is 17.9 Å². The molecule has 0 saturated carbocycles. The standard InChI is InChI=1S/C14H22N2O4/c1-6-20-11(14(3,4)5)12-15-8(2)9(7-10(17)18)13(19)16-12/h11H,6-7H2,1-5H3,(H,17,18)(H,15,16,19). The van der Waals surface area contributed by atoms with Crippen molar-refractivity contribution in [2.24, 2.45) is 5.41 Å². The van der Waals surface area contributed by atoms with Gasteiger partial charge in [-0.3, -0.25) is 9.59 Å².